The molecular formula is C31H35BrN9O3P. The van der Waals surface area contributed by atoms with E-state index in [1.807, 2.05) is 43.7 Å². The first-order valence-electron chi connectivity index (χ1n) is 14.5. The number of aryl methyl sites for hydroxylation is 1. The minimum atomic E-state index is -2.76. The summed E-state index contributed by atoms with van der Waals surface area (Å²) in [7, 11) is 0.783. The number of halogens is 1. The average molecular weight is 693 g/mol. The smallest absolute Gasteiger partial charge is 0.229 e. The van der Waals surface area contributed by atoms with Crippen molar-refractivity contribution in [3.05, 3.63) is 59.7 Å². The Hall–Kier alpha value is -4.06. The van der Waals surface area contributed by atoms with Crippen molar-refractivity contribution in [2.24, 2.45) is 7.05 Å². The maximum atomic E-state index is 13.4. The third-order valence-electron chi connectivity index (χ3n) is 7.49. The van der Waals surface area contributed by atoms with Crippen molar-refractivity contribution in [2.45, 2.75) is 26.1 Å². The van der Waals surface area contributed by atoms with Gasteiger partial charge in [0, 0.05) is 67.8 Å². The van der Waals surface area contributed by atoms with Crippen LogP contribution in [0.4, 0.5) is 28.8 Å². The van der Waals surface area contributed by atoms with E-state index in [1.165, 1.54) is 0 Å². The lowest BCUT2D eigenvalue weighted by Crippen LogP contribution is -2.45. The summed E-state index contributed by atoms with van der Waals surface area (Å²) in [6.45, 7) is 9.12. The molecular weight excluding hydrogens is 657 g/mol. The van der Waals surface area contributed by atoms with Gasteiger partial charge >= 0.3 is 0 Å². The van der Waals surface area contributed by atoms with E-state index in [1.54, 1.807) is 43.7 Å². The molecule has 1 fully saturated rings. The van der Waals surface area contributed by atoms with Gasteiger partial charge in [-0.05, 0) is 61.3 Å². The topological polar surface area (TPSA) is 132 Å². The molecule has 0 unspecified atom stereocenters. The van der Waals surface area contributed by atoms with Crippen LogP contribution in [0, 0.1) is 0 Å². The molecule has 0 spiro atoms. The quantitative estimate of drug-likeness (QED) is 0.187. The van der Waals surface area contributed by atoms with Crippen LogP contribution in [-0.2, 0) is 16.3 Å². The molecule has 2 aromatic carbocycles. The molecule has 4 heterocycles. The normalized spacial score (nSPS) is 17.0. The van der Waals surface area contributed by atoms with Gasteiger partial charge in [-0.2, -0.15) is 10.1 Å². The van der Waals surface area contributed by atoms with Crippen LogP contribution in [0.5, 0.6) is 5.75 Å². The van der Waals surface area contributed by atoms with E-state index < -0.39 is 7.14 Å². The molecule has 1 aliphatic heterocycles. The van der Waals surface area contributed by atoms with E-state index in [0.717, 1.165) is 29.9 Å². The van der Waals surface area contributed by atoms with Crippen molar-refractivity contribution in [3.8, 4) is 16.9 Å². The molecule has 0 saturated carbocycles. The number of rotatable bonds is 8. The monoisotopic (exact) mass is 691 g/mol. The van der Waals surface area contributed by atoms with E-state index in [0.29, 0.717) is 49.7 Å². The van der Waals surface area contributed by atoms with E-state index in [2.05, 4.69) is 65.4 Å². The summed E-state index contributed by atoms with van der Waals surface area (Å²) in [6.07, 6.45) is 8.91. The largest absolute Gasteiger partial charge is 0.494 e. The van der Waals surface area contributed by atoms with E-state index in [4.69, 9.17) is 14.5 Å². The summed E-state index contributed by atoms with van der Waals surface area (Å²) in [5, 5.41) is 11.8. The maximum absolute atomic E-state index is 13.4. The number of benzene rings is 2. The summed E-state index contributed by atoms with van der Waals surface area (Å²) < 4.78 is 27.7. The molecule has 0 radical (unpaired) electrons. The van der Waals surface area contributed by atoms with Gasteiger partial charge in [0.05, 0.1) is 52.2 Å². The predicted octanol–water partition coefficient (Wildman–Crippen LogP) is 5.94. The Morgan fingerprint density at radius 1 is 1.02 bits per heavy atom. The summed E-state index contributed by atoms with van der Waals surface area (Å²) in [5.41, 5.74) is 5.59. The van der Waals surface area contributed by atoms with Crippen molar-refractivity contribution in [1.29, 1.82) is 0 Å². The van der Waals surface area contributed by atoms with Gasteiger partial charge in [0.25, 0.3) is 0 Å². The summed E-state index contributed by atoms with van der Waals surface area (Å²) >= 11 is 3.57. The predicted molar refractivity (Wildman–Crippen MR) is 182 cm³/mol. The second-order valence-electron chi connectivity index (χ2n) is 11.5. The number of aromatic nitrogens is 6. The second kappa shape index (κ2) is 12.4. The molecule has 0 amide bonds. The van der Waals surface area contributed by atoms with Crippen LogP contribution < -0.4 is 25.6 Å². The molecule has 2 atom stereocenters. The third-order valence-corrected chi connectivity index (χ3v) is 9.60. The number of fused-ring (bicyclic) bond motifs is 1. The fourth-order valence-corrected chi connectivity index (χ4v) is 7.38. The zero-order chi connectivity index (χ0) is 31.9. The molecule has 1 saturated heterocycles. The van der Waals surface area contributed by atoms with Gasteiger partial charge in [0.1, 0.15) is 24.2 Å². The highest BCUT2D eigenvalue weighted by molar-refractivity contribution is 9.10. The van der Waals surface area contributed by atoms with Gasteiger partial charge in [-0.1, -0.05) is 0 Å². The number of nitrogens with zero attached hydrogens (tertiary/aromatic N) is 7. The van der Waals surface area contributed by atoms with Gasteiger partial charge in [-0.3, -0.25) is 14.6 Å². The minimum Gasteiger partial charge on any atom is -0.494 e. The molecule has 45 heavy (non-hydrogen) atoms. The number of ether oxygens (including phenoxy) is 2. The van der Waals surface area contributed by atoms with E-state index in [-0.39, 0.29) is 12.2 Å². The molecule has 0 aliphatic carbocycles. The Bertz CT molecular complexity index is 1920. The van der Waals surface area contributed by atoms with Crippen molar-refractivity contribution < 1.29 is 14.0 Å². The van der Waals surface area contributed by atoms with Crippen LogP contribution in [0.3, 0.4) is 0 Å². The highest BCUT2D eigenvalue weighted by Gasteiger charge is 2.27. The Kier molecular flexibility index (Phi) is 8.51. The molecule has 14 heteroatoms. The lowest BCUT2D eigenvalue weighted by molar-refractivity contribution is -0.00519. The van der Waals surface area contributed by atoms with E-state index in [9.17, 15) is 4.57 Å². The molecule has 0 bridgehead atoms. The first-order chi connectivity index (χ1) is 21.5. The Labute approximate surface area is 270 Å². The highest BCUT2D eigenvalue weighted by atomic mass is 79.9. The fourth-order valence-electron chi connectivity index (χ4n) is 5.69. The zero-order valence-corrected chi connectivity index (χ0v) is 28.4. The standard InChI is InChI=1S/C31H35BrN9O3P/c1-18-15-41(16-19(2)44-18)26-12-27(43-4)25(11-21(26)20-13-36-40(3)17-20)38-31-35-14-22(32)30(39-31)37-24-8-7-23-28(34-10-9-33-23)29(24)45(5,6)42/h7-14,17-19H,15-16H2,1-6H3,(H2,35,37,38,39)/t18-,19+. The lowest BCUT2D eigenvalue weighted by Gasteiger charge is -2.38. The van der Waals surface area contributed by atoms with Crippen LogP contribution in [0.1, 0.15) is 13.8 Å². The zero-order valence-electron chi connectivity index (χ0n) is 25.9. The van der Waals surface area contributed by atoms with Gasteiger partial charge in [0.15, 0.2) is 0 Å². The van der Waals surface area contributed by atoms with Gasteiger partial charge in [-0.25, -0.2) is 4.98 Å². The van der Waals surface area contributed by atoms with Crippen LogP contribution in [0.2, 0.25) is 0 Å². The number of anilines is 5. The SMILES string of the molecule is COc1cc(N2C[C@@H](C)O[C@@H](C)C2)c(-c2cnn(C)c2)cc1Nc1ncc(Br)c(Nc2ccc3nccnc3c2P(C)(C)=O)n1. The summed E-state index contributed by atoms with van der Waals surface area (Å²) in [6, 6.07) is 7.78. The average Bonchev–Trinajstić information content (AvgIpc) is 3.43. The molecule has 6 rings (SSSR count). The van der Waals surface area contributed by atoms with Crippen LogP contribution in [0.25, 0.3) is 22.2 Å². The number of hydrogen-bond donors (Lipinski definition) is 2. The number of hydrogen-bond acceptors (Lipinski definition) is 11. The number of morpholine rings is 1. The first kappa shape index (κ1) is 30.9. The van der Waals surface area contributed by atoms with Crippen molar-refractivity contribution in [2.75, 3.05) is 49.1 Å². The molecule has 5 aromatic rings. The fraction of sp³-hybridized carbons (Fsp3) is 0.323. The molecule has 3 aromatic heterocycles. The van der Waals surface area contributed by atoms with Crippen LogP contribution in [-0.4, -0.2) is 75.5 Å². The molecule has 2 N–H and O–H groups in total. The molecule has 12 nitrogen and oxygen atoms in total. The first-order valence-corrected chi connectivity index (χ1v) is 17.9. The highest BCUT2D eigenvalue weighted by Crippen LogP contribution is 2.43. The Morgan fingerprint density at radius 2 is 1.78 bits per heavy atom. The lowest BCUT2D eigenvalue weighted by atomic mass is 10.0. The second-order valence-corrected chi connectivity index (χ2v) is 15.5. The van der Waals surface area contributed by atoms with Crippen molar-refractivity contribution >= 4 is 68.2 Å². The van der Waals surface area contributed by atoms with E-state index >= 15 is 0 Å². The molecule has 234 valence electrons. The molecule has 1 aliphatic rings. The number of nitrogens with one attached hydrogen (secondary N) is 2. The summed E-state index contributed by atoms with van der Waals surface area (Å²) in [4.78, 5) is 20.5. The minimum absolute atomic E-state index is 0.0888. The van der Waals surface area contributed by atoms with Gasteiger partial charge in [-0.15, -0.1) is 0 Å². The summed E-state index contributed by atoms with van der Waals surface area (Å²) in [5.74, 6) is 1.47. The Balaban J connectivity index is 1.39. The Morgan fingerprint density at radius 3 is 2.47 bits per heavy atom. The van der Waals surface area contributed by atoms with Gasteiger partial charge < -0.3 is 29.6 Å². The van der Waals surface area contributed by atoms with Crippen LogP contribution >= 0.6 is 23.1 Å². The maximum Gasteiger partial charge on any atom is 0.229 e. The van der Waals surface area contributed by atoms with Crippen molar-refractivity contribution in [1.82, 2.24) is 29.7 Å². The third kappa shape index (κ3) is 6.51. The van der Waals surface area contributed by atoms with Crippen LogP contribution in [0.15, 0.2) is 59.7 Å². The van der Waals surface area contributed by atoms with Crippen molar-refractivity contribution in [3.63, 3.8) is 0 Å². The van der Waals surface area contributed by atoms with Gasteiger partial charge in [0.2, 0.25) is 5.95 Å². The number of methoxy groups -OCH3 is 1.